The van der Waals surface area contributed by atoms with Gasteiger partial charge in [-0.2, -0.15) is 5.10 Å². The van der Waals surface area contributed by atoms with Crippen molar-refractivity contribution in [2.75, 3.05) is 41.0 Å². The molecule has 1 aromatic heterocycles. The number of nitrogens with two attached hydrogens (primary N) is 1. The molecule has 0 aromatic carbocycles. The second kappa shape index (κ2) is 8.91. The highest BCUT2D eigenvalue weighted by molar-refractivity contribution is 5.28. The lowest BCUT2D eigenvalue weighted by molar-refractivity contribution is 0.135. The summed E-state index contributed by atoms with van der Waals surface area (Å²) in [6.45, 7) is 5.02. The number of methoxy groups -OCH3 is 1. The SMILES string of the molecule is CCOCCC(NN)c1c(OC)cnn1CCN(C)C. The number of ether oxygens (including phenoxy) is 2. The molecule has 116 valence electrons. The molecule has 1 rings (SSSR count). The summed E-state index contributed by atoms with van der Waals surface area (Å²) in [7, 11) is 5.72. The van der Waals surface area contributed by atoms with E-state index < -0.39 is 0 Å². The van der Waals surface area contributed by atoms with Crippen LogP contribution in [-0.4, -0.2) is 55.6 Å². The van der Waals surface area contributed by atoms with Gasteiger partial charge in [0.15, 0.2) is 5.75 Å². The van der Waals surface area contributed by atoms with Gasteiger partial charge in [-0.05, 0) is 27.4 Å². The summed E-state index contributed by atoms with van der Waals surface area (Å²) in [5.74, 6) is 6.43. The van der Waals surface area contributed by atoms with Gasteiger partial charge in [-0.1, -0.05) is 0 Å². The number of rotatable bonds is 10. The molecule has 0 bridgehead atoms. The molecule has 0 spiro atoms. The molecular weight excluding hydrogens is 258 g/mol. The van der Waals surface area contributed by atoms with E-state index in [0.29, 0.717) is 13.2 Å². The molecule has 0 radical (unpaired) electrons. The van der Waals surface area contributed by atoms with Crippen LogP contribution in [0, 0.1) is 0 Å². The highest BCUT2D eigenvalue weighted by Crippen LogP contribution is 2.26. The maximum absolute atomic E-state index is 5.68. The van der Waals surface area contributed by atoms with Gasteiger partial charge in [0.05, 0.1) is 31.6 Å². The smallest absolute Gasteiger partial charge is 0.161 e. The minimum atomic E-state index is -0.0406. The minimum absolute atomic E-state index is 0.0406. The number of hydrazine groups is 1. The standard InChI is InChI=1S/C13H27N5O2/c1-5-20-9-6-11(16-14)13-12(19-4)10-15-18(13)8-7-17(2)3/h10-11,16H,5-9,14H2,1-4H3. The van der Waals surface area contributed by atoms with Gasteiger partial charge in [-0.15, -0.1) is 0 Å². The molecule has 0 aliphatic heterocycles. The van der Waals surface area contributed by atoms with Crippen LogP contribution in [0.3, 0.4) is 0 Å². The normalized spacial score (nSPS) is 12.9. The highest BCUT2D eigenvalue weighted by atomic mass is 16.5. The molecule has 20 heavy (non-hydrogen) atoms. The van der Waals surface area contributed by atoms with Crippen molar-refractivity contribution in [2.24, 2.45) is 5.84 Å². The van der Waals surface area contributed by atoms with E-state index in [4.69, 9.17) is 15.3 Å². The summed E-state index contributed by atoms with van der Waals surface area (Å²) in [6, 6.07) is -0.0406. The third kappa shape index (κ3) is 4.75. The van der Waals surface area contributed by atoms with E-state index >= 15 is 0 Å². The molecule has 0 aliphatic rings. The lowest BCUT2D eigenvalue weighted by atomic mass is 10.1. The third-order valence-corrected chi connectivity index (χ3v) is 3.11. The maximum atomic E-state index is 5.68. The zero-order valence-corrected chi connectivity index (χ0v) is 12.9. The van der Waals surface area contributed by atoms with Gasteiger partial charge in [0.2, 0.25) is 0 Å². The Kier molecular flexibility index (Phi) is 7.53. The fourth-order valence-electron chi connectivity index (χ4n) is 2.00. The van der Waals surface area contributed by atoms with Gasteiger partial charge in [0.25, 0.3) is 0 Å². The first-order valence-electron chi connectivity index (χ1n) is 6.92. The number of nitrogens with one attached hydrogen (secondary N) is 1. The van der Waals surface area contributed by atoms with E-state index in [2.05, 4.69) is 15.4 Å². The molecule has 7 heteroatoms. The van der Waals surface area contributed by atoms with Crippen LogP contribution in [0.25, 0.3) is 0 Å². The van der Waals surface area contributed by atoms with Gasteiger partial charge < -0.3 is 14.4 Å². The largest absolute Gasteiger partial charge is 0.493 e. The molecule has 0 amide bonds. The van der Waals surface area contributed by atoms with Gasteiger partial charge >= 0.3 is 0 Å². The Bertz CT molecular complexity index is 381. The summed E-state index contributed by atoms with van der Waals surface area (Å²) >= 11 is 0. The Balaban J connectivity index is 2.83. The second-order valence-electron chi connectivity index (χ2n) is 4.83. The summed E-state index contributed by atoms with van der Waals surface area (Å²) in [4.78, 5) is 2.11. The quantitative estimate of drug-likeness (QED) is 0.368. The Hall–Kier alpha value is -1.15. The first kappa shape index (κ1) is 16.9. The lowest BCUT2D eigenvalue weighted by Gasteiger charge is -2.20. The zero-order valence-electron chi connectivity index (χ0n) is 12.9. The van der Waals surface area contributed by atoms with E-state index in [-0.39, 0.29) is 6.04 Å². The van der Waals surface area contributed by atoms with Crippen molar-refractivity contribution in [1.29, 1.82) is 0 Å². The number of hydrogen-bond donors (Lipinski definition) is 2. The fourth-order valence-corrected chi connectivity index (χ4v) is 2.00. The lowest BCUT2D eigenvalue weighted by Crippen LogP contribution is -2.32. The summed E-state index contributed by atoms with van der Waals surface area (Å²) < 4.78 is 12.7. The summed E-state index contributed by atoms with van der Waals surface area (Å²) in [5.41, 5.74) is 3.80. The molecule has 1 aromatic rings. The van der Waals surface area contributed by atoms with Gasteiger partial charge in [0.1, 0.15) is 0 Å². The maximum Gasteiger partial charge on any atom is 0.161 e. The highest BCUT2D eigenvalue weighted by Gasteiger charge is 2.21. The van der Waals surface area contributed by atoms with Crippen LogP contribution in [0.15, 0.2) is 6.20 Å². The van der Waals surface area contributed by atoms with E-state index in [9.17, 15) is 0 Å². The second-order valence-corrected chi connectivity index (χ2v) is 4.83. The van der Waals surface area contributed by atoms with Crippen LogP contribution >= 0.6 is 0 Å². The Labute approximate surface area is 121 Å². The van der Waals surface area contributed by atoms with Gasteiger partial charge in [0, 0.05) is 19.8 Å². The van der Waals surface area contributed by atoms with Crippen LogP contribution in [0.2, 0.25) is 0 Å². The number of nitrogens with zero attached hydrogens (tertiary/aromatic N) is 3. The van der Waals surface area contributed by atoms with Gasteiger partial charge in [-0.25, -0.2) is 0 Å². The molecule has 0 saturated carbocycles. The third-order valence-electron chi connectivity index (χ3n) is 3.11. The van der Waals surface area contributed by atoms with E-state index in [1.165, 1.54) is 0 Å². The fraction of sp³-hybridized carbons (Fsp3) is 0.769. The van der Waals surface area contributed by atoms with Crippen molar-refractivity contribution in [3.05, 3.63) is 11.9 Å². The predicted molar refractivity (Wildman–Crippen MR) is 78.5 cm³/mol. The van der Waals surface area contributed by atoms with Crippen molar-refractivity contribution in [3.63, 3.8) is 0 Å². The summed E-state index contributed by atoms with van der Waals surface area (Å²) in [6.07, 6.45) is 2.50. The van der Waals surface area contributed by atoms with Crippen molar-refractivity contribution in [3.8, 4) is 5.75 Å². The predicted octanol–water partition coefficient (Wildman–Crippen LogP) is 0.384. The molecule has 1 heterocycles. The summed E-state index contributed by atoms with van der Waals surface area (Å²) in [5, 5.41) is 4.38. The van der Waals surface area contributed by atoms with E-state index in [0.717, 1.165) is 31.0 Å². The van der Waals surface area contributed by atoms with Crippen molar-refractivity contribution in [1.82, 2.24) is 20.1 Å². The molecular formula is C13H27N5O2. The van der Waals surface area contributed by atoms with Crippen LogP contribution in [0.1, 0.15) is 25.1 Å². The Morgan fingerprint density at radius 2 is 2.25 bits per heavy atom. The number of likely N-dealkylation sites (N-methyl/N-ethyl adjacent to an activating group) is 1. The van der Waals surface area contributed by atoms with Crippen molar-refractivity contribution >= 4 is 0 Å². The minimum Gasteiger partial charge on any atom is -0.493 e. The van der Waals surface area contributed by atoms with Gasteiger partial charge in [-0.3, -0.25) is 16.0 Å². The zero-order chi connectivity index (χ0) is 15.0. The topological polar surface area (TPSA) is 77.6 Å². The first-order valence-corrected chi connectivity index (χ1v) is 6.92. The monoisotopic (exact) mass is 285 g/mol. The van der Waals surface area contributed by atoms with Crippen molar-refractivity contribution in [2.45, 2.75) is 25.9 Å². The molecule has 1 atom stereocenters. The van der Waals surface area contributed by atoms with E-state index in [1.54, 1.807) is 13.3 Å². The molecule has 0 fully saturated rings. The number of aromatic nitrogens is 2. The van der Waals surface area contributed by atoms with Crippen LogP contribution in [-0.2, 0) is 11.3 Å². The first-order chi connectivity index (χ1) is 9.63. The van der Waals surface area contributed by atoms with Crippen LogP contribution < -0.4 is 16.0 Å². The molecule has 7 nitrogen and oxygen atoms in total. The average molecular weight is 285 g/mol. The van der Waals surface area contributed by atoms with E-state index in [1.807, 2.05) is 25.7 Å². The average Bonchev–Trinajstić information content (AvgIpc) is 2.84. The number of hydrogen-bond acceptors (Lipinski definition) is 6. The Morgan fingerprint density at radius 3 is 2.80 bits per heavy atom. The Morgan fingerprint density at radius 1 is 1.50 bits per heavy atom. The molecule has 3 N–H and O–H groups in total. The van der Waals surface area contributed by atoms with Crippen LogP contribution in [0.5, 0.6) is 5.75 Å². The molecule has 0 aliphatic carbocycles. The molecule has 0 saturated heterocycles. The van der Waals surface area contributed by atoms with Crippen LogP contribution in [0.4, 0.5) is 0 Å². The van der Waals surface area contributed by atoms with Crippen molar-refractivity contribution < 1.29 is 9.47 Å². The molecule has 1 unspecified atom stereocenters.